The summed E-state index contributed by atoms with van der Waals surface area (Å²) < 4.78 is 12.6. The second kappa shape index (κ2) is 3.65. The SMILES string of the molecule is C[N-]C(=O)c1cccnc1F.[Rf]. The van der Waals surface area contributed by atoms with E-state index in [1.54, 1.807) is 0 Å². The molecule has 0 aliphatic rings. The first-order valence-electron chi connectivity index (χ1n) is 3.00. The number of halogens is 1. The number of aromatic nitrogens is 1. The molecule has 0 aliphatic carbocycles. The van der Waals surface area contributed by atoms with Crippen molar-refractivity contribution in [2.24, 2.45) is 0 Å². The van der Waals surface area contributed by atoms with Crippen molar-refractivity contribution in [2.75, 3.05) is 7.05 Å². The molecule has 1 heterocycles. The van der Waals surface area contributed by atoms with Crippen LogP contribution in [0.1, 0.15) is 10.4 Å². The molecule has 0 N–H and O–H groups in total. The normalized spacial score (nSPS) is 8.50. The number of hydrogen-bond acceptors (Lipinski definition) is 2. The van der Waals surface area contributed by atoms with Crippen LogP contribution in [0.5, 0.6) is 0 Å². The Balaban J connectivity index is 0.00000121. The Kier molecular flexibility index (Phi) is 2.91. The van der Waals surface area contributed by atoms with E-state index >= 15 is 0 Å². The Morgan fingerprint density at radius 2 is 2.33 bits per heavy atom. The van der Waals surface area contributed by atoms with Crippen molar-refractivity contribution in [3.63, 3.8) is 0 Å². The Morgan fingerprint density at radius 3 is 2.83 bits per heavy atom. The zero-order chi connectivity index (χ0) is 8.27. The standard InChI is InChI=1S/C7H7FN2O.Rf/c1-9-7(11)5-3-2-4-10-6(5)8;/h2-4H,1H3,(H,9,11);/p-1. The van der Waals surface area contributed by atoms with Gasteiger partial charge in [0.1, 0.15) is 0 Å². The van der Waals surface area contributed by atoms with Gasteiger partial charge < -0.3 is 10.1 Å². The second-order valence-corrected chi connectivity index (χ2v) is 1.87. The zero-order valence-electron chi connectivity index (χ0n) is 6.62. The number of amides is 1. The second-order valence-electron chi connectivity index (χ2n) is 1.87. The molecule has 0 unspecified atom stereocenters. The molecule has 1 amide bonds. The van der Waals surface area contributed by atoms with Crippen molar-refractivity contribution >= 4 is 5.91 Å². The summed E-state index contributed by atoms with van der Waals surface area (Å²) in [5, 5.41) is 3.30. The van der Waals surface area contributed by atoms with Gasteiger partial charge in [0.25, 0.3) is 0 Å². The summed E-state index contributed by atoms with van der Waals surface area (Å²) >= 11 is 0. The monoisotopic (exact) mass is 420 g/mol. The van der Waals surface area contributed by atoms with E-state index in [9.17, 15) is 9.18 Å². The maximum atomic E-state index is 12.6. The molecule has 12 heavy (non-hydrogen) atoms. The van der Waals surface area contributed by atoms with Gasteiger partial charge in [0.2, 0.25) is 5.95 Å². The summed E-state index contributed by atoms with van der Waals surface area (Å²) in [6.45, 7) is 0. The van der Waals surface area contributed by atoms with E-state index in [0.29, 0.717) is 0 Å². The van der Waals surface area contributed by atoms with Crippen LogP contribution in [0.2, 0.25) is 0 Å². The van der Waals surface area contributed by atoms with Crippen molar-refractivity contribution in [1.29, 1.82) is 0 Å². The Morgan fingerprint density at radius 1 is 1.67 bits per heavy atom. The molecule has 0 bridgehead atoms. The van der Waals surface area contributed by atoms with Gasteiger partial charge in [0.15, 0.2) is 0 Å². The van der Waals surface area contributed by atoms with Gasteiger partial charge in [-0.05, 0) is 12.1 Å². The first-order valence-corrected chi connectivity index (χ1v) is 3.00. The van der Waals surface area contributed by atoms with E-state index in [4.69, 9.17) is 0 Å². The molecular weight excluding hydrogens is 414 g/mol. The van der Waals surface area contributed by atoms with Gasteiger partial charge in [0.05, 0.1) is 11.5 Å². The van der Waals surface area contributed by atoms with Crippen LogP contribution in [0.4, 0.5) is 4.39 Å². The fourth-order valence-electron chi connectivity index (χ4n) is 0.666. The number of rotatable bonds is 1. The molecule has 3 nitrogen and oxygen atoms in total. The molecule has 1 aromatic heterocycles. The van der Waals surface area contributed by atoms with E-state index in [1.165, 1.54) is 25.4 Å². The van der Waals surface area contributed by atoms with Crippen molar-refractivity contribution in [2.45, 2.75) is 0 Å². The van der Waals surface area contributed by atoms with Crippen LogP contribution in [-0.4, -0.2) is 17.9 Å². The summed E-state index contributed by atoms with van der Waals surface area (Å²) in [5.41, 5.74) is -0.0880. The minimum Gasteiger partial charge on any atom is -0.652 e. The van der Waals surface area contributed by atoms with E-state index in [0.717, 1.165) is 0 Å². The molecule has 0 aromatic carbocycles. The molecule has 5 heteroatoms. The molecule has 0 saturated heterocycles. The van der Waals surface area contributed by atoms with Gasteiger partial charge in [-0.1, -0.05) is 0 Å². The van der Waals surface area contributed by atoms with Crippen LogP contribution in [0.15, 0.2) is 18.3 Å². The van der Waals surface area contributed by atoms with Crippen LogP contribution in [-0.2, 0) is 0 Å². The Hall–Kier alpha value is -2.45. The minimum absolute atomic E-state index is 0. The van der Waals surface area contributed by atoms with Crippen molar-refractivity contribution in [3.05, 3.63) is 35.2 Å². The van der Waals surface area contributed by atoms with Gasteiger partial charge in [-0.3, -0.25) is 0 Å². The quantitative estimate of drug-likeness (QED) is 0.645. The van der Waals surface area contributed by atoms with Gasteiger partial charge >= 0.3 is 0 Å². The van der Waals surface area contributed by atoms with Crippen LogP contribution >= 0.6 is 0 Å². The van der Waals surface area contributed by atoms with Crippen LogP contribution in [0, 0.1) is 5.95 Å². The molecule has 0 fully saturated rings. The molecule has 0 spiro atoms. The topological polar surface area (TPSA) is 44.1 Å². The van der Waals surface area contributed by atoms with Gasteiger partial charge in [-0.2, -0.15) is 4.39 Å². The van der Waals surface area contributed by atoms with E-state index in [2.05, 4.69) is 10.3 Å². The number of pyridine rings is 1. The molecule has 1 rings (SSSR count). The van der Waals surface area contributed by atoms with Crippen molar-refractivity contribution in [3.8, 4) is 0 Å². The maximum absolute atomic E-state index is 12.6. The molecule has 0 atom stereocenters. The number of carbonyl (C=O) groups is 1. The summed E-state index contributed by atoms with van der Waals surface area (Å²) in [6, 6.07) is 2.83. The number of nitrogens with zero attached hydrogens (tertiary/aromatic N) is 2. The third-order valence-electron chi connectivity index (χ3n) is 1.19. The third kappa shape index (κ3) is 1.53. The van der Waals surface area contributed by atoms with Crippen molar-refractivity contribution in [1.82, 2.24) is 4.98 Å². The Bertz CT molecular complexity index is 280. The van der Waals surface area contributed by atoms with Gasteiger partial charge in [-0.15, -0.1) is 7.05 Å². The van der Waals surface area contributed by atoms with Crippen LogP contribution < -0.4 is 0 Å². The first-order chi connectivity index (χ1) is 5.25. The summed E-state index contributed by atoms with van der Waals surface area (Å²) in [7, 11) is 1.31. The fraction of sp³-hybridized carbons (Fsp3) is 0.143. The first kappa shape index (κ1) is 9.55. The molecule has 0 aliphatic heterocycles. The predicted octanol–water partition coefficient (Wildman–Crippen LogP) is 1.36. The number of hydrogen-bond donors (Lipinski definition) is 0. The molecular formula is C7H6FN2ORf-. The summed E-state index contributed by atoms with van der Waals surface area (Å²) in [6.07, 6.45) is 1.28. The smallest absolute Gasteiger partial charge is 0.222 e. The van der Waals surface area contributed by atoms with Gasteiger partial charge in [0, 0.05) is 6.20 Å². The minimum atomic E-state index is -0.775. The molecule has 1 aromatic rings. The zero-order valence-corrected chi connectivity index (χ0v) is 13.0. The Labute approximate surface area is 63.3 Å². The van der Waals surface area contributed by atoms with Gasteiger partial charge in [-0.25, -0.2) is 4.98 Å². The van der Waals surface area contributed by atoms with E-state index in [-0.39, 0.29) is 5.56 Å². The average molecular weight is 420 g/mol. The molecule has 60 valence electrons. The predicted molar refractivity (Wildman–Crippen MR) is 37.8 cm³/mol. The maximum Gasteiger partial charge on any atom is 0.222 e. The largest absolute Gasteiger partial charge is 0.652 e. The van der Waals surface area contributed by atoms with Crippen LogP contribution in [0.25, 0.3) is 5.32 Å². The van der Waals surface area contributed by atoms with Crippen LogP contribution in [0.3, 0.4) is 0 Å². The molecule has 0 radical (unpaired) electrons. The fourth-order valence-corrected chi connectivity index (χ4v) is 0.666. The number of carbonyl (C=O) groups excluding carboxylic acids is 1. The van der Waals surface area contributed by atoms with E-state index in [1.807, 2.05) is 0 Å². The molecule has 0 saturated carbocycles. The van der Waals surface area contributed by atoms with E-state index < -0.39 is 11.9 Å². The third-order valence-corrected chi connectivity index (χ3v) is 1.19. The summed E-state index contributed by atoms with van der Waals surface area (Å²) in [5.74, 6) is -1.36. The average Bonchev–Trinajstić information content (AvgIpc) is 2.04. The summed E-state index contributed by atoms with van der Waals surface area (Å²) in [4.78, 5) is 14.1. The van der Waals surface area contributed by atoms with Crippen molar-refractivity contribution < 1.29 is 9.18 Å².